The molecule has 1 aromatic carbocycles. The lowest BCUT2D eigenvalue weighted by atomic mass is 10.1. The fourth-order valence-electron chi connectivity index (χ4n) is 2.01. The number of rotatable bonds is 5. The molecule has 8 nitrogen and oxygen atoms in total. The molecule has 0 aliphatic heterocycles. The average Bonchev–Trinajstić information content (AvgIpc) is 3.24. The summed E-state index contributed by atoms with van der Waals surface area (Å²) in [5.74, 6) is -0.268. The van der Waals surface area contributed by atoms with Crippen LogP contribution in [0.3, 0.4) is 0 Å². The predicted octanol–water partition coefficient (Wildman–Crippen LogP) is 0.895. The number of hydrogen-bond donors (Lipinski definition) is 2. The molecule has 0 spiro atoms. The molecule has 3 rings (SSSR count). The summed E-state index contributed by atoms with van der Waals surface area (Å²) >= 11 is 0. The van der Waals surface area contributed by atoms with E-state index in [0.29, 0.717) is 22.8 Å². The number of methoxy groups -OCH3 is 1. The van der Waals surface area contributed by atoms with Gasteiger partial charge in [-0.1, -0.05) is 0 Å². The molecule has 0 atom stereocenters. The van der Waals surface area contributed by atoms with Crippen molar-refractivity contribution in [3.05, 3.63) is 23.9 Å². The molecular formula is C14H14N4O4. The molecule has 0 bridgehead atoms. The number of esters is 1. The zero-order valence-corrected chi connectivity index (χ0v) is 11.8. The summed E-state index contributed by atoms with van der Waals surface area (Å²) in [6.45, 7) is 0. The number of ether oxygens (including phenoxy) is 2. The minimum absolute atomic E-state index is 0.0126. The number of amides is 1. The van der Waals surface area contributed by atoms with Gasteiger partial charge in [-0.3, -0.25) is 9.59 Å². The molecule has 2 aromatic rings. The van der Waals surface area contributed by atoms with Crippen molar-refractivity contribution in [3.8, 4) is 22.8 Å². The van der Waals surface area contributed by atoms with E-state index in [-0.39, 0.29) is 17.6 Å². The number of nitrogens with two attached hydrogens (primary N) is 1. The standard InChI is InChI=1S/C14H14N4O4/c1-21-10-6-8(11-12(13(15)19)17-18-16-11)4-5-9(10)22-14(20)7-2-3-7/h4-7H,2-3H2,1H3,(H2,15,19)(H,16,17,18). The lowest BCUT2D eigenvalue weighted by Crippen LogP contribution is -2.13. The van der Waals surface area contributed by atoms with Gasteiger partial charge in [-0.25, -0.2) is 0 Å². The van der Waals surface area contributed by atoms with E-state index < -0.39 is 5.91 Å². The van der Waals surface area contributed by atoms with Gasteiger partial charge in [0.1, 0.15) is 5.69 Å². The monoisotopic (exact) mass is 302 g/mol. The van der Waals surface area contributed by atoms with Gasteiger partial charge in [0.25, 0.3) is 5.91 Å². The van der Waals surface area contributed by atoms with E-state index in [0.717, 1.165) is 12.8 Å². The molecule has 1 amide bonds. The van der Waals surface area contributed by atoms with E-state index in [1.54, 1.807) is 18.2 Å². The summed E-state index contributed by atoms with van der Waals surface area (Å²) in [5.41, 5.74) is 6.16. The molecule has 1 saturated carbocycles. The number of nitrogens with zero attached hydrogens (tertiary/aromatic N) is 2. The number of carbonyl (C=O) groups is 2. The van der Waals surface area contributed by atoms with Gasteiger partial charge in [0.15, 0.2) is 17.2 Å². The third-order valence-electron chi connectivity index (χ3n) is 3.34. The number of aromatic amines is 1. The molecule has 0 radical (unpaired) electrons. The second-order valence-electron chi connectivity index (χ2n) is 4.95. The number of aromatic nitrogens is 3. The Morgan fingerprint density at radius 3 is 2.68 bits per heavy atom. The summed E-state index contributed by atoms with van der Waals surface area (Å²) in [7, 11) is 1.46. The van der Waals surface area contributed by atoms with Crippen LogP contribution in [0.1, 0.15) is 23.3 Å². The van der Waals surface area contributed by atoms with Crippen molar-refractivity contribution in [2.45, 2.75) is 12.8 Å². The lowest BCUT2D eigenvalue weighted by molar-refractivity contribution is -0.135. The largest absolute Gasteiger partial charge is 0.493 e. The zero-order valence-electron chi connectivity index (χ0n) is 11.8. The van der Waals surface area contributed by atoms with E-state index >= 15 is 0 Å². The Kier molecular flexibility index (Phi) is 3.50. The molecule has 1 heterocycles. The highest BCUT2D eigenvalue weighted by Crippen LogP contribution is 2.36. The van der Waals surface area contributed by atoms with Crippen molar-refractivity contribution in [1.29, 1.82) is 0 Å². The van der Waals surface area contributed by atoms with Gasteiger partial charge in [0, 0.05) is 5.56 Å². The first-order chi connectivity index (χ1) is 10.6. The first kappa shape index (κ1) is 14.1. The van der Waals surface area contributed by atoms with Gasteiger partial charge < -0.3 is 15.2 Å². The van der Waals surface area contributed by atoms with Gasteiger partial charge in [0.05, 0.1) is 13.0 Å². The van der Waals surface area contributed by atoms with Crippen molar-refractivity contribution in [2.24, 2.45) is 11.7 Å². The maximum Gasteiger partial charge on any atom is 0.314 e. The van der Waals surface area contributed by atoms with Crippen LogP contribution >= 0.6 is 0 Å². The third kappa shape index (κ3) is 2.62. The minimum Gasteiger partial charge on any atom is -0.493 e. The Balaban J connectivity index is 1.92. The molecule has 3 N–H and O–H groups in total. The van der Waals surface area contributed by atoms with Crippen LogP contribution in [0.5, 0.6) is 11.5 Å². The first-order valence-electron chi connectivity index (χ1n) is 6.71. The summed E-state index contributed by atoms with van der Waals surface area (Å²) in [5, 5.41) is 9.98. The molecule has 8 heteroatoms. The summed E-state index contributed by atoms with van der Waals surface area (Å²) in [6.07, 6.45) is 1.72. The maximum absolute atomic E-state index is 11.7. The number of hydrogen-bond acceptors (Lipinski definition) is 6. The first-order valence-corrected chi connectivity index (χ1v) is 6.71. The van der Waals surface area contributed by atoms with Crippen molar-refractivity contribution >= 4 is 11.9 Å². The predicted molar refractivity (Wildman–Crippen MR) is 75.2 cm³/mol. The van der Waals surface area contributed by atoms with Gasteiger partial charge in [-0.05, 0) is 31.0 Å². The Hall–Kier alpha value is -2.90. The van der Waals surface area contributed by atoms with Gasteiger partial charge in [-0.2, -0.15) is 15.4 Å². The fourth-order valence-corrected chi connectivity index (χ4v) is 2.01. The van der Waals surface area contributed by atoms with E-state index in [9.17, 15) is 9.59 Å². The number of carbonyl (C=O) groups excluding carboxylic acids is 2. The van der Waals surface area contributed by atoms with Crippen LogP contribution < -0.4 is 15.2 Å². The summed E-state index contributed by atoms with van der Waals surface area (Å²) < 4.78 is 10.5. The van der Waals surface area contributed by atoms with Crippen molar-refractivity contribution in [2.75, 3.05) is 7.11 Å². The van der Waals surface area contributed by atoms with Gasteiger partial charge in [0.2, 0.25) is 0 Å². The molecule has 1 fully saturated rings. The van der Waals surface area contributed by atoms with Crippen LogP contribution in [0.4, 0.5) is 0 Å². The Bertz CT molecular complexity index is 736. The lowest BCUT2D eigenvalue weighted by Gasteiger charge is -2.10. The van der Waals surface area contributed by atoms with Crippen LogP contribution in [-0.4, -0.2) is 34.4 Å². The topological polar surface area (TPSA) is 120 Å². The van der Waals surface area contributed by atoms with E-state index in [1.165, 1.54) is 7.11 Å². The molecule has 22 heavy (non-hydrogen) atoms. The molecule has 1 aliphatic rings. The SMILES string of the molecule is COc1cc(-c2n[nH]nc2C(N)=O)ccc1OC(=O)C1CC1. The molecule has 0 unspecified atom stereocenters. The van der Waals surface area contributed by atoms with E-state index in [4.69, 9.17) is 15.2 Å². The fraction of sp³-hybridized carbons (Fsp3) is 0.286. The number of primary amides is 1. The van der Waals surface area contributed by atoms with Crippen LogP contribution in [-0.2, 0) is 4.79 Å². The summed E-state index contributed by atoms with van der Waals surface area (Å²) in [6, 6.07) is 4.86. The van der Waals surface area contributed by atoms with Crippen LogP contribution in [0, 0.1) is 5.92 Å². The maximum atomic E-state index is 11.7. The average molecular weight is 302 g/mol. The van der Waals surface area contributed by atoms with Crippen molar-refractivity contribution < 1.29 is 19.1 Å². The van der Waals surface area contributed by atoms with Crippen LogP contribution in [0.25, 0.3) is 11.3 Å². The molecule has 1 aromatic heterocycles. The van der Waals surface area contributed by atoms with Gasteiger partial charge >= 0.3 is 5.97 Å². The normalized spacial score (nSPS) is 13.7. The minimum atomic E-state index is -0.688. The molecular weight excluding hydrogens is 288 g/mol. The quantitative estimate of drug-likeness (QED) is 0.625. The second kappa shape index (κ2) is 5.47. The highest BCUT2D eigenvalue weighted by atomic mass is 16.6. The van der Waals surface area contributed by atoms with E-state index in [2.05, 4.69) is 15.4 Å². The number of H-pyrrole nitrogens is 1. The van der Waals surface area contributed by atoms with Gasteiger partial charge in [-0.15, -0.1) is 0 Å². The highest BCUT2D eigenvalue weighted by Gasteiger charge is 2.32. The highest BCUT2D eigenvalue weighted by molar-refractivity contribution is 5.96. The second-order valence-corrected chi connectivity index (χ2v) is 4.95. The third-order valence-corrected chi connectivity index (χ3v) is 3.34. The van der Waals surface area contributed by atoms with Crippen LogP contribution in [0.2, 0.25) is 0 Å². The molecule has 114 valence electrons. The zero-order chi connectivity index (χ0) is 15.7. The molecule has 1 aliphatic carbocycles. The number of benzene rings is 1. The van der Waals surface area contributed by atoms with Crippen LogP contribution in [0.15, 0.2) is 18.2 Å². The number of nitrogens with one attached hydrogen (secondary N) is 1. The Labute approximate surface area is 125 Å². The smallest absolute Gasteiger partial charge is 0.314 e. The Morgan fingerprint density at radius 2 is 2.05 bits per heavy atom. The van der Waals surface area contributed by atoms with Crippen molar-refractivity contribution in [3.63, 3.8) is 0 Å². The van der Waals surface area contributed by atoms with E-state index in [1.807, 2.05) is 0 Å². The molecule has 0 saturated heterocycles. The Morgan fingerprint density at radius 1 is 1.27 bits per heavy atom. The summed E-state index contributed by atoms with van der Waals surface area (Å²) in [4.78, 5) is 23.0. The van der Waals surface area contributed by atoms with Crippen molar-refractivity contribution in [1.82, 2.24) is 15.4 Å².